The van der Waals surface area contributed by atoms with Gasteiger partial charge in [0, 0.05) is 18.8 Å². The minimum atomic E-state index is -0.395. The number of likely N-dealkylation sites (tertiary alicyclic amines) is 1. The second kappa shape index (κ2) is 11.4. The van der Waals surface area contributed by atoms with E-state index in [0.717, 1.165) is 17.7 Å². The first-order valence-electron chi connectivity index (χ1n) is 10.8. The molecule has 0 aliphatic carbocycles. The number of anilines is 1. The van der Waals surface area contributed by atoms with Crippen LogP contribution in [0.25, 0.3) is 0 Å². The number of nitrogens with one attached hydrogen (secondary N) is 3. The van der Waals surface area contributed by atoms with E-state index >= 15 is 0 Å². The minimum Gasteiger partial charge on any atom is -0.350 e. The molecule has 1 aliphatic rings. The first kappa shape index (κ1) is 21.8. The molecule has 0 radical (unpaired) electrons. The molecule has 0 aromatic heterocycles. The summed E-state index contributed by atoms with van der Waals surface area (Å²) in [4.78, 5) is 26.5. The van der Waals surface area contributed by atoms with Crippen molar-refractivity contribution < 1.29 is 9.59 Å². The summed E-state index contributed by atoms with van der Waals surface area (Å²) in [6, 6.07) is 15.5. The van der Waals surface area contributed by atoms with Crippen LogP contribution in [0.5, 0.6) is 0 Å². The number of benzene rings is 2. The van der Waals surface area contributed by atoms with Gasteiger partial charge in [0.15, 0.2) is 0 Å². The molecule has 0 atom stereocenters. The minimum absolute atomic E-state index is 0.0648. The van der Waals surface area contributed by atoms with Crippen molar-refractivity contribution in [3.63, 3.8) is 0 Å². The Kier molecular flexibility index (Phi) is 8.27. The molecule has 0 spiro atoms. The molecular formula is C24H32N4O2. The van der Waals surface area contributed by atoms with Crippen molar-refractivity contribution in [1.82, 2.24) is 15.5 Å². The van der Waals surface area contributed by atoms with Crippen LogP contribution in [0.15, 0.2) is 48.5 Å². The SMILES string of the molecule is Cc1cccc(NC(=O)NCC(=O)NCc2ccc(CN3CCCCCC3)cc2)c1. The number of aryl methyl sites for hydroxylation is 1. The number of carbonyl (C=O) groups is 2. The Bertz CT molecular complexity index is 827. The molecule has 0 saturated carbocycles. The maximum Gasteiger partial charge on any atom is 0.319 e. The Balaban J connectivity index is 1.36. The molecule has 6 nitrogen and oxygen atoms in total. The molecule has 3 amide bonds. The summed E-state index contributed by atoms with van der Waals surface area (Å²) in [7, 11) is 0. The molecule has 3 N–H and O–H groups in total. The fourth-order valence-corrected chi connectivity index (χ4v) is 3.64. The molecule has 3 rings (SSSR count). The van der Waals surface area contributed by atoms with Gasteiger partial charge in [0.05, 0.1) is 6.54 Å². The molecule has 30 heavy (non-hydrogen) atoms. The smallest absolute Gasteiger partial charge is 0.319 e. The van der Waals surface area contributed by atoms with E-state index in [2.05, 4.69) is 45.1 Å². The zero-order valence-corrected chi connectivity index (χ0v) is 17.7. The average Bonchev–Trinajstić information content (AvgIpc) is 3.00. The maximum absolute atomic E-state index is 12.0. The van der Waals surface area contributed by atoms with Crippen LogP contribution in [-0.4, -0.2) is 36.5 Å². The first-order chi connectivity index (χ1) is 14.6. The Morgan fingerprint density at radius 3 is 2.30 bits per heavy atom. The van der Waals surface area contributed by atoms with E-state index in [0.29, 0.717) is 12.2 Å². The van der Waals surface area contributed by atoms with Gasteiger partial charge >= 0.3 is 6.03 Å². The van der Waals surface area contributed by atoms with Crippen LogP contribution in [0.1, 0.15) is 42.4 Å². The van der Waals surface area contributed by atoms with Gasteiger partial charge in [-0.15, -0.1) is 0 Å². The Morgan fingerprint density at radius 2 is 1.60 bits per heavy atom. The van der Waals surface area contributed by atoms with Crippen LogP contribution in [0.4, 0.5) is 10.5 Å². The Morgan fingerprint density at radius 1 is 0.900 bits per heavy atom. The van der Waals surface area contributed by atoms with Crippen molar-refractivity contribution >= 4 is 17.6 Å². The third kappa shape index (κ3) is 7.52. The Labute approximate surface area is 179 Å². The summed E-state index contributed by atoms with van der Waals surface area (Å²) in [5.74, 6) is -0.219. The van der Waals surface area contributed by atoms with E-state index in [4.69, 9.17) is 0 Å². The van der Waals surface area contributed by atoms with Crippen molar-refractivity contribution in [3.8, 4) is 0 Å². The summed E-state index contributed by atoms with van der Waals surface area (Å²) >= 11 is 0. The predicted molar refractivity (Wildman–Crippen MR) is 120 cm³/mol. The zero-order valence-electron chi connectivity index (χ0n) is 17.7. The summed E-state index contributed by atoms with van der Waals surface area (Å²) < 4.78 is 0. The van der Waals surface area contributed by atoms with Gasteiger partial charge in [-0.3, -0.25) is 9.69 Å². The second-order valence-electron chi connectivity index (χ2n) is 7.96. The number of hydrogen-bond donors (Lipinski definition) is 3. The summed E-state index contributed by atoms with van der Waals surface area (Å²) in [6.45, 7) is 5.70. The van der Waals surface area contributed by atoms with Gasteiger partial charge in [-0.05, 0) is 61.7 Å². The zero-order chi connectivity index (χ0) is 21.2. The highest BCUT2D eigenvalue weighted by Crippen LogP contribution is 2.14. The van der Waals surface area contributed by atoms with Crippen LogP contribution in [0, 0.1) is 6.92 Å². The van der Waals surface area contributed by atoms with Crippen molar-refractivity contribution in [1.29, 1.82) is 0 Å². The molecule has 160 valence electrons. The third-order valence-corrected chi connectivity index (χ3v) is 5.30. The molecule has 1 heterocycles. The number of amides is 3. The van der Waals surface area contributed by atoms with Gasteiger partial charge in [0.25, 0.3) is 0 Å². The van der Waals surface area contributed by atoms with E-state index in [-0.39, 0.29) is 12.5 Å². The van der Waals surface area contributed by atoms with Crippen LogP contribution in [-0.2, 0) is 17.9 Å². The fourth-order valence-electron chi connectivity index (χ4n) is 3.64. The highest BCUT2D eigenvalue weighted by atomic mass is 16.2. The lowest BCUT2D eigenvalue weighted by Crippen LogP contribution is -2.38. The maximum atomic E-state index is 12.0. The van der Waals surface area contributed by atoms with E-state index in [1.165, 1.54) is 44.3 Å². The lowest BCUT2D eigenvalue weighted by atomic mass is 10.1. The van der Waals surface area contributed by atoms with Crippen molar-refractivity contribution in [3.05, 3.63) is 65.2 Å². The normalized spacial score (nSPS) is 14.6. The Hall–Kier alpha value is -2.86. The fraction of sp³-hybridized carbons (Fsp3) is 0.417. The molecule has 6 heteroatoms. The highest BCUT2D eigenvalue weighted by molar-refractivity contribution is 5.92. The quantitative estimate of drug-likeness (QED) is 0.652. The number of carbonyl (C=O) groups excluding carboxylic acids is 2. The van der Waals surface area contributed by atoms with Gasteiger partial charge in [-0.25, -0.2) is 4.79 Å². The lowest BCUT2D eigenvalue weighted by molar-refractivity contribution is -0.120. The summed E-state index contributed by atoms with van der Waals surface area (Å²) in [5.41, 5.74) is 4.12. The molecular weight excluding hydrogens is 376 g/mol. The number of hydrogen-bond acceptors (Lipinski definition) is 3. The van der Waals surface area contributed by atoms with Gasteiger partial charge in [0.2, 0.25) is 5.91 Å². The average molecular weight is 409 g/mol. The van der Waals surface area contributed by atoms with Crippen LogP contribution in [0.2, 0.25) is 0 Å². The standard InChI is InChI=1S/C24H32N4O2/c1-19-7-6-8-22(15-19)27-24(30)26-17-23(29)25-16-20-9-11-21(12-10-20)18-28-13-4-2-3-5-14-28/h6-12,15H,2-5,13-14,16-18H2,1H3,(H,25,29)(H2,26,27,30). The van der Waals surface area contributed by atoms with Crippen molar-refractivity contribution in [2.75, 3.05) is 25.0 Å². The monoisotopic (exact) mass is 408 g/mol. The molecule has 2 aromatic rings. The first-order valence-corrected chi connectivity index (χ1v) is 10.8. The van der Waals surface area contributed by atoms with Gasteiger partial charge < -0.3 is 16.0 Å². The second-order valence-corrected chi connectivity index (χ2v) is 7.96. The molecule has 2 aromatic carbocycles. The molecule has 0 unspecified atom stereocenters. The summed E-state index contributed by atoms with van der Waals surface area (Å²) in [6.07, 6.45) is 5.28. The predicted octanol–water partition coefficient (Wildman–Crippen LogP) is 3.81. The lowest BCUT2D eigenvalue weighted by Gasteiger charge is -2.19. The number of urea groups is 1. The van der Waals surface area contributed by atoms with Crippen LogP contribution < -0.4 is 16.0 Å². The van der Waals surface area contributed by atoms with E-state index in [1.54, 1.807) is 0 Å². The van der Waals surface area contributed by atoms with Crippen LogP contribution >= 0.6 is 0 Å². The van der Waals surface area contributed by atoms with Gasteiger partial charge in [-0.2, -0.15) is 0 Å². The molecule has 1 fully saturated rings. The van der Waals surface area contributed by atoms with E-state index in [9.17, 15) is 9.59 Å². The van der Waals surface area contributed by atoms with Gasteiger partial charge in [0.1, 0.15) is 0 Å². The van der Waals surface area contributed by atoms with Gasteiger partial charge in [-0.1, -0.05) is 49.2 Å². The number of rotatable bonds is 7. The van der Waals surface area contributed by atoms with E-state index < -0.39 is 6.03 Å². The third-order valence-electron chi connectivity index (χ3n) is 5.30. The van der Waals surface area contributed by atoms with Crippen LogP contribution in [0.3, 0.4) is 0 Å². The number of nitrogens with zero attached hydrogens (tertiary/aromatic N) is 1. The largest absolute Gasteiger partial charge is 0.350 e. The highest BCUT2D eigenvalue weighted by Gasteiger charge is 2.10. The molecule has 1 aliphatic heterocycles. The van der Waals surface area contributed by atoms with Crippen molar-refractivity contribution in [2.45, 2.75) is 45.7 Å². The topological polar surface area (TPSA) is 73.5 Å². The summed E-state index contributed by atoms with van der Waals surface area (Å²) in [5, 5.41) is 8.14. The van der Waals surface area contributed by atoms with E-state index in [1.807, 2.05) is 31.2 Å². The molecule has 1 saturated heterocycles. The molecule has 0 bridgehead atoms. The van der Waals surface area contributed by atoms with Crippen molar-refractivity contribution in [2.24, 2.45) is 0 Å².